The molecule has 4 aromatic rings. The summed E-state index contributed by atoms with van der Waals surface area (Å²) in [4.78, 5) is 29.5. The first kappa shape index (κ1) is 26.3. The molecule has 1 N–H and O–H groups in total. The monoisotopic (exact) mass is 544 g/mol. The van der Waals surface area contributed by atoms with E-state index in [-0.39, 0.29) is 24.9 Å². The topological polar surface area (TPSA) is 85.7 Å². The Morgan fingerprint density at radius 1 is 1.05 bits per heavy atom. The molecule has 9 heteroatoms. The van der Waals surface area contributed by atoms with Gasteiger partial charge in [0.15, 0.2) is 0 Å². The third-order valence-corrected chi connectivity index (χ3v) is 7.48. The van der Waals surface area contributed by atoms with Crippen LogP contribution in [0.15, 0.2) is 72.8 Å². The summed E-state index contributed by atoms with van der Waals surface area (Å²) in [6.07, 6.45) is 0. The van der Waals surface area contributed by atoms with Gasteiger partial charge in [-0.05, 0) is 67.9 Å². The zero-order valence-corrected chi connectivity index (χ0v) is 23.0. The molecule has 1 aliphatic heterocycles. The maximum absolute atomic E-state index is 14.1. The predicted molar refractivity (Wildman–Crippen MR) is 150 cm³/mol. The summed E-state index contributed by atoms with van der Waals surface area (Å²) >= 11 is 6.46. The average Bonchev–Trinajstić information content (AvgIpc) is 3.37. The number of ether oxygens (including phenoxy) is 2. The van der Waals surface area contributed by atoms with Gasteiger partial charge in [-0.2, -0.15) is 5.10 Å². The summed E-state index contributed by atoms with van der Waals surface area (Å²) in [5.41, 5.74) is 2.77. The number of nitrogens with zero attached hydrogens (tertiary/aromatic N) is 3. The molecule has 1 aliphatic rings. The van der Waals surface area contributed by atoms with Gasteiger partial charge in [0.25, 0.3) is 5.91 Å². The van der Waals surface area contributed by atoms with Gasteiger partial charge < -0.3 is 14.8 Å². The predicted octanol–water partition coefficient (Wildman–Crippen LogP) is 5.26. The second-order valence-corrected chi connectivity index (χ2v) is 10.1. The van der Waals surface area contributed by atoms with Gasteiger partial charge in [-0.3, -0.25) is 19.2 Å². The molecule has 0 radical (unpaired) electrons. The van der Waals surface area contributed by atoms with Crippen LogP contribution in [0.3, 0.4) is 0 Å². The number of hydrogen-bond donors (Lipinski definition) is 1. The van der Waals surface area contributed by atoms with E-state index >= 15 is 0 Å². The van der Waals surface area contributed by atoms with Gasteiger partial charge in [-0.1, -0.05) is 35.9 Å². The summed E-state index contributed by atoms with van der Waals surface area (Å²) in [7, 11) is 3.19. The normalized spacial score (nSPS) is 16.5. The highest BCUT2D eigenvalue weighted by Gasteiger charge is 2.49. The fourth-order valence-corrected chi connectivity index (χ4v) is 5.00. The molecule has 0 saturated heterocycles. The van der Waals surface area contributed by atoms with E-state index in [4.69, 9.17) is 26.2 Å². The first-order valence-electron chi connectivity index (χ1n) is 12.5. The van der Waals surface area contributed by atoms with Crippen LogP contribution in [-0.4, -0.2) is 41.4 Å². The van der Waals surface area contributed by atoms with Crippen molar-refractivity contribution >= 4 is 29.1 Å². The van der Waals surface area contributed by atoms with Crippen molar-refractivity contribution < 1.29 is 19.1 Å². The Morgan fingerprint density at radius 2 is 1.79 bits per heavy atom. The summed E-state index contributed by atoms with van der Waals surface area (Å²) in [5, 5.41) is 8.23. The number of fused-ring (bicyclic) bond motifs is 1. The number of rotatable bonds is 7. The standard InChI is InChI=1S/C30H29ClN4O4/c1-19-9-12-22(15-24(19)31)35-28(36)26-16-25(20-10-13-23(38-3)14-11-20)33-34(26)18-30(35,2)29(37)32-17-21-7-5-6-8-27(21)39-4/h5-16H,17-18H2,1-4H3,(H,32,37). The number of amides is 2. The number of benzene rings is 3. The molecular formula is C30H29ClN4O4. The number of hydrogen-bond acceptors (Lipinski definition) is 5. The van der Waals surface area contributed by atoms with Gasteiger partial charge in [-0.15, -0.1) is 0 Å². The largest absolute Gasteiger partial charge is 0.497 e. The van der Waals surface area contributed by atoms with E-state index in [0.29, 0.717) is 27.8 Å². The van der Waals surface area contributed by atoms with E-state index in [2.05, 4.69) is 5.32 Å². The van der Waals surface area contributed by atoms with E-state index in [9.17, 15) is 9.59 Å². The minimum atomic E-state index is -1.30. The quantitative estimate of drug-likeness (QED) is 0.343. The first-order valence-corrected chi connectivity index (χ1v) is 12.9. The molecule has 0 bridgehead atoms. The minimum Gasteiger partial charge on any atom is -0.497 e. The molecule has 200 valence electrons. The van der Waals surface area contributed by atoms with Crippen molar-refractivity contribution in [3.05, 3.63) is 94.6 Å². The van der Waals surface area contributed by atoms with Crippen molar-refractivity contribution in [3.8, 4) is 22.8 Å². The highest BCUT2D eigenvalue weighted by Crippen LogP contribution is 2.36. The van der Waals surface area contributed by atoms with Gasteiger partial charge in [0.2, 0.25) is 5.91 Å². The van der Waals surface area contributed by atoms with Crippen LogP contribution in [0.5, 0.6) is 11.5 Å². The summed E-state index contributed by atoms with van der Waals surface area (Å²) in [6, 6.07) is 22.0. The zero-order chi connectivity index (χ0) is 27.7. The average molecular weight is 545 g/mol. The van der Waals surface area contributed by atoms with E-state index < -0.39 is 5.54 Å². The Balaban J connectivity index is 1.54. The zero-order valence-electron chi connectivity index (χ0n) is 22.2. The number of nitrogens with one attached hydrogen (secondary N) is 1. The van der Waals surface area contributed by atoms with Gasteiger partial charge >= 0.3 is 0 Å². The smallest absolute Gasteiger partial charge is 0.277 e. The van der Waals surface area contributed by atoms with Crippen LogP contribution in [0.4, 0.5) is 5.69 Å². The lowest BCUT2D eigenvalue weighted by Gasteiger charge is -2.43. The fourth-order valence-electron chi connectivity index (χ4n) is 4.82. The van der Waals surface area contributed by atoms with Crippen LogP contribution in [0.25, 0.3) is 11.3 Å². The Bertz CT molecular complexity index is 1550. The Kier molecular flexibility index (Phi) is 7.06. The number of aryl methyl sites for hydroxylation is 1. The maximum atomic E-state index is 14.1. The maximum Gasteiger partial charge on any atom is 0.277 e. The van der Waals surface area contributed by atoms with Crippen LogP contribution in [0.2, 0.25) is 5.02 Å². The van der Waals surface area contributed by atoms with Crippen LogP contribution in [-0.2, 0) is 17.9 Å². The Labute approximate surface area is 232 Å². The molecule has 1 aromatic heterocycles. The van der Waals surface area contributed by atoms with E-state index in [0.717, 1.165) is 22.4 Å². The number of halogens is 1. The number of carbonyl (C=O) groups is 2. The molecule has 1 atom stereocenters. The van der Waals surface area contributed by atoms with Gasteiger partial charge in [0.05, 0.1) is 26.5 Å². The molecule has 3 aromatic carbocycles. The molecule has 39 heavy (non-hydrogen) atoms. The summed E-state index contributed by atoms with van der Waals surface area (Å²) < 4.78 is 12.3. The van der Waals surface area contributed by atoms with Crippen molar-refractivity contribution in [1.82, 2.24) is 15.1 Å². The van der Waals surface area contributed by atoms with Crippen molar-refractivity contribution in [1.29, 1.82) is 0 Å². The summed E-state index contributed by atoms with van der Waals surface area (Å²) in [5.74, 6) is 0.720. The second kappa shape index (κ2) is 10.5. The Hall–Kier alpha value is -4.30. The molecule has 0 spiro atoms. The van der Waals surface area contributed by atoms with Crippen molar-refractivity contribution in [2.45, 2.75) is 32.5 Å². The van der Waals surface area contributed by atoms with Crippen molar-refractivity contribution in [2.75, 3.05) is 19.1 Å². The van der Waals surface area contributed by atoms with Crippen LogP contribution in [0.1, 0.15) is 28.5 Å². The fraction of sp³-hybridized carbons (Fsp3) is 0.233. The van der Waals surface area contributed by atoms with E-state index in [1.165, 1.54) is 4.90 Å². The minimum absolute atomic E-state index is 0.146. The lowest BCUT2D eigenvalue weighted by atomic mass is 9.93. The molecule has 5 rings (SSSR count). The van der Waals surface area contributed by atoms with Crippen LogP contribution < -0.4 is 19.7 Å². The highest BCUT2D eigenvalue weighted by atomic mass is 35.5. The second-order valence-electron chi connectivity index (χ2n) is 9.64. The number of aromatic nitrogens is 2. The van der Waals surface area contributed by atoms with E-state index in [1.54, 1.807) is 44.0 Å². The molecule has 0 aliphatic carbocycles. The Morgan fingerprint density at radius 3 is 2.49 bits per heavy atom. The third-order valence-electron chi connectivity index (χ3n) is 7.07. The highest BCUT2D eigenvalue weighted by molar-refractivity contribution is 6.31. The number of methoxy groups -OCH3 is 2. The van der Waals surface area contributed by atoms with Gasteiger partial charge in [0, 0.05) is 28.4 Å². The van der Waals surface area contributed by atoms with Crippen LogP contribution >= 0.6 is 11.6 Å². The van der Waals surface area contributed by atoms with Gasteiger partial charge in [-0.25, -0.2) is 0 Å². The molecule has 2 heterocycles. The van der Waals surface area contributed by atoms with Gasteiger partial charge in [0.1, 0.15) is 22.7 Å². The summed E-state index contributed by atoms with van der Waals surface area (Å²) in [6.45, 7) is 4.01. The van der Waals surface area contributed by atoms with E-state index in [1.807, 2.05) is 61.5 Å². The molecule has 2 amide bonds. The number of carbonyl (C=O) groups excluding carboxylic acids is 2. The lowest BCUT2D eigenvalue weighted by Crippen LogP contribution is -2.64. The SMILES string of the molecule is COc1ccc(-c2cc3n(n2)CC(C)(C(=O)NCc2ccccc2OC)N(c2ccc(C)c(Cl)c2)C3=O)cc1. The molecule has 8 nitrogen and oxygen atoms in total. The number of anilines is 1. The van der Waals surface area contributed by atoms with Crippen LogP contribution in [0, 0.1) is 6.92 Å². The molecular weight excluding hydrogens is 516 g/mol. The van der Waals surface area contributed by atoms with Crippen molar-refractivity contribution in [3.63, 3.8) is 0 Å². The number of para-hydroxylation sites is 1. The molecule has 0 saturated carbocycles. The third kappa shape index (κ3) is 4.83. The molecule has 0 fully saturated rings. The lowest BCUT2D eigenvalue weighted by molar-refractivity contribution is -0.126. The molecule has 1 unspecified atom stereocenters. The first-order chi connectivity index (χ1) is 18.7. The van der Waals surface area contributed by atoms with Crippen molar-refractivity contribution in [2.24, 2.45) is 0 Å².